The van der Waals surface area contributed by atoms with Crippen molar-refractivity contribution in [2.75, 3.05) is 0 Å². The molecule has 0 radical (unpaired) electrons. The van der Waals surface area contributed by atoms with Crippen molar-refractivity contribution in [1.29, 1.82) is 0 Å². The molecule has 0 saturated carbocycles. The van der Waals surface area contributed by atoms with Gasteiger partial charge in [0.15, 0.2) is 0 Å². The van der Waals surface area contributed by atoms with Crippen LogP contribution >= 0.6 is 0 Å². The molecule has 1 fully saturated rings. The highest BCUT2D eigenvalue weighted by atomic mass is 16.7. The molecule has 1 aliphatic heterocycles. The molecule has 1 saturated heterocycles. The molecule has 5 nitrogen and oxygen atoms in total. The summed E-state index contributed by atoms with van der Waals surface area (Å²) in [6.07, 6.45) is -1.02. The molecule has 6 heteroatoms. The second kappa shape index (κ2) is 6.17. The number of hydrogen-bond acceptors (Lipinski definition) is 3. The fraction of sp³-hybridized carbons (Fsp3) is 0.588. The van der Waals surface area contributed by atoms with Gasteiger partial charge in [0.25, 0.3) is 0 Å². The minimum absolute atomic E-state index is 0.161. The van der Waals surface area contributed by atoms with E-state index in [-0.39, 0.29) is 23.2 Å². The topological polar surface area (TPSA) is 67.8 Å². The maximum atomic E-state index is 11.0. The average Bonchev–Trinajstić information content (AvgIpc) is 2.64. The largest absolute Gasteiger partial charge is 0.494 e. The van der Waals surface area contributed by atoms with Crippen LogP contribution in [-0.4, -0.2) is 29.5 Å². The van der Waals surface area contributed by atoms with Crippen molar-refractivity contribution >= 4 is 18.7 Å². The summed E-state index contributed by atoms with van der Waals surface area (Å²) in [6.45, 7) is 12.1. The van der Waals surface area contributed by atoms with Crippen molar-refractivity contribution in [2.45, 2.75) is 58.8 Å². The zero-order chi connectivity index (χ0) is 17.4. The van der Waals surface area contributed by atoms with E-state index >= 15 is 0 Å². The molecule has 2 N–H and O–H groups in total. The van der Waals surface area contributed by atoms with Gasteiger partial charge in [0.2, 0.25) is 0 Å². The van der Waals surface area contributed by atoms with Gasteiger partial charge in [0.1, 0.15) is 0 Å². The van der Waals surface area contributed by atoms with Crippen LogP contribution in [0, 0.1) is 5.92 Å². The van der Waals surface area contributed by atoms with Gasteiger partial charge in [-0.3, -0.25) is 0 Å². The zero-order valence-electron chi connectivity index (χ0n) is 14.7. The smallest absolute Gasteiger partial charge is 0.465 e. The van der Waals surface area contributed by atoms with Crippen molar-refractivity contribution in [1.82, 2.24) is 5.32 Å². The number of carboxylic acid groups (broad SMARTS) is 1. The first-order valence-electron chi connectivity index (χ1n) is 7.98. The predicted molar refractivity (Wildman–Crippen MR) is 90.9 cm³/mol. The maximum Gasteiger partial charge on any atom is 0.494 e. The van der Waals surface area contributed by atoms with Crippen molar-refractivity contribution in [3.05, 3.63) is 29.8 Å². The average molecular weight is 319 g/mol. The molecule has 1 aliphatic rings. The summed E-state index contributed by atoms with van der Waals surface area (Å²) in [6, 6.07) is 7.51. The van der Waals surface area contributed by atoms with Crippen LogP contribution in [-0.2, 0) is 9.31 Å². The Bertz CT molecular complexity index is 552. The van der Waals surface area contributed by atoms with Crippen LogP contribution in [0.25, 0.3) is 0 Å². The van der Waals surface area contributed by atoms with Gasteiger partial charge in [-0.1, -0.05) is 38.1 Å². The molecular formula is C17H26BNO4. The number of rotatable bonds is 4. The molecule has 0 aromatic heterocycles. The number of carbonyl (C=O) groups is 1. The normalized spacial score (nSPS) is 20.6. The SMILES string of the molecule is CC(C)C(NC(=O)O)c1ccc(B2OC(C)(C)C(C)(C)O2)cc1. The predicted octanol–water partition coefficient (Wildman–Crippen LogP) is 2.95. The highest BCUT2D eigenvalue weighted by Gasteiger charge is 2.51. The van der Waals surface area contributed by atoms with Crippen LogP contribution in [0.3, 0.4) is 0 Å². The van der Waals surface area contributed by atoms with E-state index in [1.807, 2.05) is 65.8 Å². The van der Waals surface area contributed by atoms with E-state index in [9.17, 15) is 4.79 Å². The summed E-state index contributed by atoms with van der Waals surface area (Å²) in [5, 5.41) is 11.6. The van der Waals surface area contributed by atoms with E-state index in [0.29, 0.717) is 0 Å². The molecule has 1 aromatic carbocycles. The van der Waals surface area contributed by atoms with Crippen molar-refractivity contribution < 1.29 is 19.2 Å². The highest BCUT2D eigenvalue weighted by molar-refractivity contribution is 6.62. The van der Waals surface area contributed by atoms with Gasteiger partial charge in [-0.15, -0.1) is 0 Å². The molecule has 1 heterocycles. The van der Waals surface area contributed by atoms with Gasteiger partial charge in [-0.05, 0) is 44.6 Å². The van der Waals surface area contributed by atoms with E-state index in [1.165, 1.54) is 0 Å². The Kier molecular flexibility index (Phi) is 4.78. The van der Waals surface area contributed by atoms with Gasteiger partial charge in [0, 0.05) is 0 Å². The lowest BCUT2D eigenvalue weighted by Gasteiger charge is -2.32. The Labute approximate surface area is 138 Å². The van der Waals surface area contributed by atoms with Crippen molar-refractivity contribution in [3.8, 4) is 0 Å². The second-order valence-electron chi connectivity index (χ2n) is 7.43. The summed E-state index contributed by atoms with van der Waals surface area (Å²) in [5.74, 6) is 0.161. The minimum Gasteiger partial charge on any atom is -0.465 e. The number of amides is 1. The third-order valence-corrected chi connectivity index (χ3v) is 4.77. The third-order valence-electron chi connectivity index (χ3n) is 4.77. The van der Waals surface area contributed by atoms with Crippen LogP contribution in [0.4, 0.5) is 4.79 Å². The quantitative estimate of drug-likeness (QED) is 0.837. The highest BCUT2D eigenvalue weighted by Crippen LogP contribution is 2.36. The van der Waals surface area contributed by atoms with Crippen LogP contribution < -0.4 is 10.8 Å². The molecule has 1 atom stereocenters. The van der Waals surface area contributed by atoms with Gasteiger partial charge in [-0.25, -0.2) is 4.79 Å². The summed E-state index contributed by atoms with van der Waals surface area (Å²) in [7, 11) is -0.404. The third kappa shape index (κ3) is 3.70. The van der Waals surface area contributed by atoms with E-state index in [4.69, 9.17) is 14.4 Å². The molecule has 1 amide bonds. The van der Waals surface area contributed by atoms with Crippen molar-refractivity contribution in [3.63, 3.8) is 0 Å². The van der Waals surface area contributed by atoms with Gasteiger partial charge in [0.05, 0.1) is 17.2 Å². The van der Waals surface area contributed by atoms with Crippen LogP contribution in [0.5, 0.6) is 0 Å². The monoisotopic (exact) mass is 319 g/mol. The summed E-state index contributed by atoms with van der Waals surface area (Å²) < 4.78 is 12.1. The zero-order valence-corrected chi connectivity index (χ0v) is 14.7. The van der Waals surface area contributed by atoms with Crippen LogP contribution in [0.15, 0.2) is 24.3 Å². The van der Waals surface area contributed by atoms with E-state index in [1.54, 1.807) is 0 Å². The second-order valence-corrected chi connectivity index (χ2v) is 7.43. The lowest BCUT2D eigenvalue weighted by molar-refractivity contribution is 0.00578. The van der Waals surface area contributed by atoms with Gasteiger partial charge in [-0.2, -0.15) is 0 Å². The molecular weight excluding hydrogens is 293 g/mol. The molecule has 0 bridgehead atoms. The van der Waals surface area contributed by atoms with E-state index in [2.05, 4.69) is 5.32 Å². The lowest BCUT2D eigenvalue weighted by Crippen LogP contribution is -2.41. The molecule has 126 valence electrons. The Morgan fingerprint density at radius 2 is 1.57 bits per heavy atom. The van der Waals surface area contributed by atoms with Crippen molar-refractivity contribution in [2.24, 2.45) is 5.92 Å². The first-order valence-corrected chi connectivity index (χ1v) is 7.98. The summed E-state index contributed by atoms with van der Waals surface area (Å²) >= 11 is 0. The van der Waals surface area contributed by atoms with E-state index < -0.39 is 13.2 Å². The Morgan fingerprint density at radius 3 is 1.96 bits per heavy atom. The fourth-order valence-corrected chi connectivity index (χ4v) is 2.61. The molecule has 1 unspecified atom stereocenters. The van der Waals surface area contributed by atoms with Crippen LogP contribution in [0.1, 0.15) is 53.1 Å². The van der Waals surface area contributed by atoms with Gasteiger partial charge < -0.3 is 19.7 Å². The molecule has 0 aliphatic carbocycles. The standard InChI is InChI=1S/C17H26BNO4/c1-11(2)14(19-15(20)21)12-7-9-13(10-8-12)18-22-16(3,4)17(5,6)23-18/h7-11,14,19H,1-6H3,(H,20,21). The Morgan fingerprint density at radius 1 is 1.09 bits per heavy atom. The van der Waals surface area contributed by atoms with Gasteiger partial charge >= 0.3 is 13.2 Å². The number of hydrogen-bond donors (Lipinski definition) is 2. The maximum absolute atomic E-state index is 11.0. The number of nitrogens with one attached hydrogen (secondary N) is 1. The van der Waals surface area contributed by atoms with Crippen LogP contribution in [0.2, 0.25) is 0 Å². The summed E-state index contributed by atoms with van der Waals surface area (Å²) in [4.78, 5) is 11.0. The molecule has 23 heavy (non-hydrogen) atoms. The summed E-state index contributed by atoms with van der Waals surface area (Å²) in [5.41, 5.74) is 1.12. The molecule has 2 rings (SSSR count). The first-order chi connectivity index (χ1) is 10.5. The minimum atomic E-state index is -1.02. The molecule has 1 aromatic rings. The number of benzene rings is 1. The van der Waals surface area contributed by atoms with E-state index in [0.717, 1.165) is 11.0 Å². The molecule has 0 spiro atoms. The first kappa shape index (κ1) is 17.8. The lowest BCUT2D eigenvalue weighted by atomic mass is 9.78. The Balaban J connectivity index is 2.18. The fourth-order valence-electron chi connectivity index (χ4n) is 2.61. The Hall–Kier alpha value is -1.53.